The third-order valence-electron chi connectivity index (χ3n) is 2.86. The zero-order chi connectivity index (χ0) is 15.7. The summed E-state index contributed by atoms with van der Waals surface area (Å²) >= 11 is 0. The van der Waals surface area contributed by atoms with Crippen molar-refractivity contribution in [3.63, 3.8) is 0 Å². The molecule has 1 atom stereocenters. The van der Waals surface area contributed by atoms with Crippen LogP contribution >= 0.6 is 7.60 Å². The molecule has 0 aliphatic carbocycles. The summed E-state index contributed by atoms with van der Waals surface area (Å²) in [6, 6.07) is 6.69. The molecule has 7 heteroatoms. The van der Waals surface area contributed by atoms with E-state index in [2.05, 4.69) is 4.74 Å². The Kier molecular flexibility index (Phi) is 7.26. The molecule has 21 heavy (non-hydrogen) atoms. The zero-order valence-corrected chi connectivity index (χ0v) is 13.2. The third kappa shape index (κ3) is 6.65. The molecular formula is C14H21O6P. The largest absolute Gasteiger partial charge is 0.493 e. The summed E-state index contributed by atoms with van der Waals surface area (Å²) in [5.74, 6) is 0.394. The molecule has 0 bridgehead atoms. The van der Waals surface area contributed by atoms with E-state index in [-0.39, 0.29) is 17.9 Å². The Labute approximate surface area is 124 Å². The Morgan fingerprint density at radius 3 is 2.43 bits per heavy atom. The van der Waals surface area contributed by atoms with Crippen molar-refractivity contribution >= 4 is 13.6 Å². The molecule has 0 spiro atoms. The van der Waals surface area contributed by atoms with Crippen LogP contribution in [0, 0.1) is 0 Å². The Hall–Kier alpha value is -1.52. The van der Waals surface area contributed by atoms with Crippen LogP contribution in [0.15, 0.2) is 24.3 Å². The van der Waals surface area contributed by atoms with Gasteiger partial charge in [-0.1, -0.05) is 18.6 Å². The highest BCUT2D eigenvalue weighted by atomic mass is 31.2. The van der Waals surface area contributed by atoms with E-state index in [9.17, 15) is 14.3 Å². The Bertz CT molecular complexity index is 502. The van der Waals surface area contributed by atoms with E-state index in [1.807, 2.05) is 0 Å². The van der Waals surface area contributed by atoms with Crippen molar-refractivity contribution in [2.45, 2.75) is 25.7 Å². The summed E-state index contributed by atoms with van der Waals surface area (Å²) in [5, 5.41) is 0. The van der Waals surface area contributed by atoms with Crippen LogP contribution in [0.5, 0.6) is 11.5 Å². The van der Waals surface area contributed by atoms with Crippen molar-refractivity contribution < 1.29 is 28.3 Å². The van der Waals surface area contributed by atoms with E-state index < -0.39 is 7.60 Å². The van der Waals surface area contributed by atoms with Gasteiger partial charge in [-0.2, -0.15) is 0 Å². The fraction of sp³-hybridized carbons (Fsp3) is 0.500. The van der Waals surface area contributed by atoms with Crippen LogP contribution in [0.25, 0.3) is 0 Å². The first-order chi connectivity index (χ1) is 9.98. The van der Waals surface area contributed by atoms with Crippen molar-refractivity contribution in [1.29, 1.82) is 0 Å². The molecule has 0 fully saturated rings. The number of hydrogen-bond donors (Lipinski definition) is 1. The quantitative estimate of drug-likeness (QED) is 0.428. The number of esters is 1. The van der Waals surface area contributed by atoms with E-state index in [1.165, 1.54) is 14.2 Å². The lowest BCUT2D eigenvalue weighted by Gasteiger charge is -2.15. The SMILES string of the molecule is COC(=O)CCCCCP(=O)(O)Oc1ccccc1OC. The number of ether oxygens (including phenoxy) is 2. The van der Waals surface area contributed by atoms with E-state index in [0.29, 0.717) is 31.4 Å². The van der Waals surface area contributed by atoms with Crippen LogP contribution < -0.4 is 9.26 Å². The van der Waals surface area contributed by atoms with Gasteiger partial charge in [0, 0.05) is 6.42 Å². The Morgan fingerprint density at radius 2 is 1.81 bits per heavy atom. The summed E-state index contributed by atoms with van der Waals surface area (Å²) in [4.78, 5) is 20.7. The lowest BCUT2D eigenvalue weighted by atomic mass is 10.2. The van der Waals surface area contributed by atoms with E-state index in [4.69, 9.17) is 9.26 Å². The molecule has 1 aromatic rings. The summed E-state index contributed by atoms with van der Waals surface area (Å²) in [6.07, 6.45) is 2.14. The number of methoxy groups -OCH3 is 2. The molecule has 0 aliphatic rings. The molecule has 1 N–H and O–H groups in total. The molecule has 0 aliphatic heterocycles. The van der Waals surface area contributed by atoms with Crippen molar-refractivity contribution in [2.24, 2.45) is 0 Å². The fourth-order valence-corrected chi connectivity index (χ4v) is 2.93. The number of benzene rings is 1. The van der Waals surface area contributed by atoms with Gasteiger partial charge in [-0.3, -0.25) is 4.79 Å². The van der Waals surface area contributed by atoms with Crippen LogP contribution in [-0.2, 0) is 14.1 Å². The number of para-hydroxylation sites is 2. The number of unbranched alkanes of at least 4 members (excludes halogenated alkanes) is 2. The molecule has 118 valence electrons. The standard InChI is InChI=1S/C14H21O6P/c1-18-12-8-5-6-9-13(12)20-21(16,17)11-7-3-4-10-14(15)19-2/h5-6,8-9H,3-4,7,10-11H2,1-2H3,(H,16,17). The van der Waals surface area contributed by atoms with Crippen LogP contribution in [0.1, 0.15) is 25.7 Å². The summed E-state index contributed by atoms with van der Waals surface area (Å²) in [6.45, 7) is 0. The molecule has 1 unspecified atom stereocenters. The lowest BCUT2D eigenvalue weighted by Crippen LogP contribution is -2.01. The molecular weight excluding hydrogens is 295 g/mol. The summed E-state index contributed by atoms with van der Waals surface area (Å²) in [5.41, 5.74) is 0. The minimum atomic E-state index is -3.72. The first-order valence-corrected chi connectivity index (χ1v) is 8.46. The van der Waals surface area contributed by atoms with Crippen LogP contribution in [0.2, 0.25) is 0 Å². The van der Waals surface area contributed by atoms with Crippen LogP contribution in [0.3, 0.4) is 0 Å². The van der Waals surface area contributed by atoms with Crippen molar-refractivity contribution in [2.75, 3.05) is 20.4 Å². The Morgan fingerprint density at radius 1 is 1.14 bits per heavy atom. The van der Waals surface area contributed by atoms with Crippen molar-refractivity contribution in [3.8, 4) is 11.5 Å². The minimum Gasteiger partial charge on any atom is -0.493 e. The summed E-state index contributed by atoms with van der Waals surface area (Å²) < 4.78 is 26.7. The van der Waals surface area contributed by atoms with Gasteiger partial charge in [-0.15, -0.1) is 0 Å². The first kappa shape index (κ1) is 17.5. The predicted octanol–water partition coefficient (Wildman–Crippen LogP) is 2.99. The summed E-state index contributed by atoms with van der Waals surface area (Å²) in [7, 11) is -0.913. The van der Waals surface area contributed by atoms with Crippen molar-refractivity contribution in [1.82, 2.24) is 0 Å². The molecule has 0 saturated heterocycles. The second-order valence-corrected chi connectivity index (χ2v) is 6.39. The number of carbonyl (C=O) groups excluding carboxylic acids is 1. The van der Waals surface area contributed by atoms with Gasteiger partial charge in [0.1, 0.15) is 0 Å². The lowest BCUT2D eigenvalue weighted by molar-refractivity contribution is -0.140. The smallest absolute Gasteiger partial charge is 0.376 e. The van der Waals surface area contributed by atoms with Gasteiger partial charge in [-0.05, 0) is 25.0 Å². The highest BCUT2D eigenvalue weighted by Gasteiger charge is 2.22. The highest BCUT2D eigenvalue weighted by molar-refractivity contribution is 7.53. The minimum absolute atomic E-state index is 0.0339. The fourth-order valence-electron chi connectivity index (χ4n) is 1.75. The van der Waals surface area contributed by atoms with Gasteiger partial charge in [0.2, 0.25) is 0 Å². The second kappa shape index (κ2) is 8.70. The molecule has 1 aromatic carbocycles. The van der Waals surface area contributed by atoms with E-state index in [0.717, 1.165) is 0 Å². The molecule has 0 radical (unpaired) electrons. The maximum absolute atomic E-state index is 12.0. The van der Waals surface area contributed by atoms with Gasteiger partial charge in [0.15, 0.2) is 11.5 Å². The van der Waals surface area contributed by atoms with E-state index >= 15 is 0 Å². The maximum atomic E-state index is 12.0. The average molecular weight is 316 g/mol. The topological polar surface area (TPSA) is 82.1 Å². The molecule has 0 amide bonds. The molecule has 0 saturated carbocycles. The average Bonchev–Trinajstić information content (AvgIpc) is 2.46. The highest BCUT2D eigenvalue weighted by Crippen LogP contribution is 2.46. The van der Waals surface area contributed by atoms with Crippen molar-refractivity contribution in [3.05, 3.63) is 24.3 Å². The number of carbonyl (C=O) groups is 1. The number of rotatable bonds is 9. The second-order valence-electron chi connectivity index (χ2n) is 4.49. The third-order valence-corrected chi connectivity index (χ3v) is 4.22. The maximum Gasteiger partial charge on any atom is 0.376 e. The zero-order valence-electron chi connectivity index (χ0n) is 12.3. The first-order valence-electron chi connectivity index (χ1n) is 6.70. The van der Waals surface area contributed by atoms with Gasteiger partial charge in [0.25, 0.3) is 0 Å². The molecule has 1 rings (SSSR count). The monoisotopic (exact) mass is 316 g/mol. The molecule has 0 heterocycles. The van der Waals surface area contributed by atoms with Crippen LogP contribution in [0.4, 0.5) is 0 Å². The normalized spacial score (nSPS) is 13.3. The molecule has 0 aromatic heterocycles. The predicted molar refractivity (Wildman–Crippen MR) is 78.8 cm³/mol. The Balaban J connectivity index is 2.40. The van der Waals surface area contributed by atoms with Gasteiger partial charge < -0.3 is 18.9 Å². The van der Waals surface area contributed by atoms with Gasteiger partial charge >= 0.3 is 13.6 Å². The molecule has 6 nitrogen and oxygen atoms in total. The van der Waals surface area contributed by atoms with Gasteiger partial charge in [-0.25, -0.2) is 4.57 Å². The van der Waals surface area contributed by atoms with Crippen LogP contribution in [-0.4, -0.2) is 31.2 Å². The van der Waals surface area contributed by atoms with E-state index in [1.54, 1.807) is 24.3 Å². The number of hydrogen-bond acceptors (Lipinski definition) is 5. The van der Waals surface area contributed by atoms with Gasteiger partial charge in [0.05, 0.1) is 20.4 Å².